The lowest BCUT2D eigenvalue weighted by Gasteiger charge is -2.08. The largest absolute Gasteiger partial charge is 0.481 e. The fraction of sp³-hybridized carbons (Fsp3) is 0.927. The van der Waals surface area contributed by atoms with Gasteiger partial charge in [0, 0.05) is 19.3 Å². The molecule has 0 rings (SSSR count). The summed E-state index contributed by atoms with van der Waals surface area (Å²) in [6, 6.07) is 0. The Morgan fingerprint density at radius 3 is 0.980 bits per heavy atom. The van der Waals surface area contributed by atoms with Crippen LogP contribution in [0.4, 0.5) is 0 Å². The van der Waals surface area contributed by atoms with Gasteiger partial charge >= 0.3 is 17.9 Å². The highest BCUT2D eigenvalue weighted by molar-refractivity contribution is 5.69. The molecule has 0 aliphatic rings. The third-order valence-electron chi connectivity index (χ3n) is 9.09. The lowest BCUT2D eigenvalue weighted by atomic mass is 10.0. The summed E-state index contributed by atoms with van der Waals surface area (Å²) in [4.78, 5) is 32.1. The number of esters is 1. The van der Waals surface area contributed by atoms with Crippen LogP contribution >= 0.6 is 0 Å². The minimum atomic E-state index is -0.971. The van der Waals surface area contributed by atoms with E-state index in [-0.39, 0.29) is 19.2 Å². The molecule has 0 amide bonds. The fourth-order valence-corrected chi connectivity index (χ4v) is 5.93. The van der Waals surface area contributed by atoms with E-state index in [0.717, 1.165) is 50.9 Å². The van der Waals surface area contributed by atoms with E-state index in [1.54, 1.807) is 0 Å². The van der Waals surface area contributed by atoms with Crippen molar-refractivity contribution < 1.29 is 39.5 Å². The molecule has 292 valence electrons. The molecule has 0 aromatic rings. The van der Waals surface area contributed by atoms with E-state index in [9.17, 15) is 14.4 Å². The smallest absolute Gasteiger partial charge is 0.305 e. The molecule has 8 heteroatoms. The topological polar surface area (TPSA) is 141 Å². The molecule has 49 heavy (non-hydrogen) atoms. The zero-order valence-corrected chi connectivity index (χ0v) is 32.1. The van der Waals surface area contributed by atoms with Gasteiger partial charge in [-0.25, -0.2) is 0 Å². The summed E-state index contributed by atoms with van der Waals surface area (Å²) < 4.78 is 4.86. The van der Waals surface area contributed by atoms with Crippen LogP contribution in [-0.2, 0) is 19.1 Å². The average molecular weight is 701 g/mol. The average Bonchev–Trinajstić information content (AvgIpc) is 3.06. The Kier molecular flexibility index (Phi) is 41.1. The molecule has 0 bridgehead atoms. The zero-order chi connectivity index (χ0) is 36.6. The number of rotatable bonds is 37. The fourth-order valence-electron chi connectivity index (χ4n) is 5.93. The predicted molar refractivity (Wildman–Crippen MR) is 202 cm³/mol. The molecule has 0 radical (unpaired) electrons. The van der Waals surface area contributed by atoms with Gasteiger partial charge in [-0.1, -0.05) is 181 Å². The first-order valence-corrected chi connectivity index (χ1v) is 20.6. The van der Waals surface area contributed by atoms with Crippen molar-refractivity contribution in [1.82, 2.24) is 0 Å². The third kappa shape index (κ3) is 48.5. The molecular weight excluding hydrogens is 620 g/mol. The van der Waals surface area contributed by atoms with Gasteiger partial charge in [0.25, 0.3) is 0 Å². The first kappa shape index (κ1) is 49.4. The van der Waals surface area contributed by atoms with Gasteiger partial charge in [-0.05, 0) is 25.2 Å². The predicted octanol–water partition coefficient (Wildman–Crippen LogP) is 11.2. The molecule has 0 aromatic carbocycles. The summed E-state index contributed by atoms with van der Waals surface area (Å²) in [5, 5.41) is 34.8. The van der Waals surface area contributed by atoms with Crippen LogP contribution in [0.1, 0.15) is 219 Å². The van der Waals surface area contributed by atoms with Gasteiger partial charge in [0.1, 0.15) is 12.7 Å². The van der Waals surface area contributed by atoms with Crippen molar-refractivity contribution in [2.45, 2.75) is 225 Å². The van der Waals surface area contributed by atoms with Crippen molar-refractivity contribution >= 4 is 17.9 Å². The normalized spacial score (nSPS) is 11.7. The quantitative estimate of drug-likeness (QED) is 0.0370. The number of hydrogen-bond donors (Lipinski definition) is 4. The molecule has 0 saturated heterocycles. The summed E-state index contributed by atoms with van der Waals surface area (Å²) >= 11 is 0. The minimum absolute atomic E-state index is 0.121. The van der Waals surface area contributed by atoms with Crippen molar-refractivity contribution in [3.63, 3.8) is 0 Å². The number of hydrogen-bond acceptors (Lipinski definition) is 6. The molecule has 0 saturated carbocycles. The van der Waals surface area contributed by atoms with Crippen LogP contribution in [0.25, 0.3) is 0 Å². The highest BCUT2D eigenvalue weighted by atomic mass is 16.5. The van der Waals surface area contributed by atoms with Gasteiger partial charge in [-0.3, -0.25) is 14.4 Å². The Labute approximate surface area is 301 Å². The number of carboxylic acids is 2. The Balaban J connectivity index is 0. The van der Waals surface area contributed by atoms with Gasteiger partial charge in [-0.2, -0.15) is 0 Å². The van der Waals surface area contributed by atoms with Gasteiger partial charge in [0.2, 0.25) is 0 Å². The van der Waals surface area contributed by atoms with E-state index >= 15 is 0 Å². The van der Waals surface area contributed by atoms with Crippen LogP contribution in [0.5, 0.6) is 0 Å². The van der Waals surface area contributed by atoms with Crippen LogP contribution < -0.4 is 0 Å². The molecule has 1 unspecified atom stereocenters. The summed E-state index contributed by atoms with van der Waals surface area (Å²) in [7, 11) is 0. The van der Waals surface area contributed by atoms with Gasteiger partial charge in [0.15, 0.2) is 0 Å². The summed E-state index contributed by atoms with van der Waals surface area (Å²) in [6.07, 6.45) is 36.0. The summed E-state index contributed by atoms with van der Waals surface area (Å²) in [6.45, 7) is 4.11. The number of carboxylic acid groups (broad SMARTS) is 2. The SMILES string of the molecule is CC(C)CCCCCCCCCCCCCCC(=O)O.O=C(O)CCCCCCCCCCCCCCCCCCC(=O)OCC(O)CO. The number of aliphatic hydroxyl groups is 2. The van der Waals surface area contributed by atoms with E-state index in [0.29, 0.717) is 19.3 Å². The van der Waals surface area contributed by atoms with Crippen LogP contribution in [0.2, 0.25) is 0 Å². The maximum absolute atomic E-state index is 11.4. The lowest BCUT2D eigenvalue weighted by molar-refractivity contribution is -0.147. The van der Waals surface area contributed by atoms with Crippen molar-refractivity contribution in [2.24, 2.45) is 5.92 Å². The van der Waals surface area contributed by atoms with Crippen molar-refractivity contribution in [2.75, 3.05) is 13.2 Å². The number of aliphatic hydroxyl groups excluding tert-OH is 2. The molecule has 0 heterocycles. The molecule has 0 spiro atoms. The molecule has 0 aliphatic heterocycles. The second-order valence-electron chi connectivity index (χ2n) is 14.6. The highest BCUT2D eigenvalue weighted by Crippen LogP contribution is 2.16. The van der Waals surface area contributed by atoms with Crippen LogP contribution in [0.3, 0.4) is 0 Å². The molecule has 0 aliphatic carbocycles. The maximum Gasteiger partial charge on any atom is 0.305 e. The van der Waals surface area contributed by atoms with Crippen LogP contribution in [0.15, 0.2) is 0 Å². The van der Waals surface area contributed by atoms with E-state index < -0.39 is 18.0 Å². The lowest BCUT2D eigenvalue weighted by Crippen LogP contribution is -2.21. The second-order valence-corrected chi connectivity index (χ2v) is 14.6. The summed E-state index contributed by atoms with van der Waals surface area (Å²) in [5.74, 6) is -0.764. The Bertz CT molecular complexity index is 712. The molecule has 8 nitrogen and oxygen atoms in total. The van der Waals surface area contributed by atoms with Crippen molar-refractivity contribution in [1.29, 1.82) is 0 Å². The number of carbonyl (C=O) groups is 3. The number of unbranched alkanes of at least 4 members (excludes halogenated alkanes) is 26. The second kappa shape index (κ2) is 40.8. The molecule has 1 atom stereocenters. The number of carbonyl (C=O) groups excluding carboxylic acids is 1. The van der Waals surface area contributed by atoms with Gasteiger partial charge in [0.05, 0.1) is 6.61 Å². The molecule has 0 fully saturated rings. The summed E-state index contributed by atoms with van der Waals surface area (Å²) in [5.41, 5.74) is 0. The molecule has 0 aromatic heterocycles. The highest BCUT2D eigenvalue weighted by Gasteiger charge is 2.07. The molecule has 4 N–H and O–H groups in total. The van der Waals surface area contributed by atoms with Gasteiger partial charge < -0.3 is 25.2 Å². The van der Waals surface area contributed by atoms with E-state index in [2.05, 4.69) is 13.8 Å². The van der Waals surface area contributed by atoms with Crippen molar-refractivity contribution in [3.8, 4) is 0 Å². The third-order valence-corrected chi connectivity index (χ3v) is 9.09. The number of aliphatic carboxylic acids is 2. The minimum Gasteiger partial charge on any atom is -0.481 e. The zero-order valence-electron chi connectivity index (χ0n) is 32.1. The number of ether oxygens (including phenoxy) is 1. The van der Waals surface area contributed by atoms with E-state index in [4.69, 9.17) is 25.2 Å². The van der Waals surface area contributed by atoms with E-state index in [1.807, 2.05) is 0 Å². The first-order valence-electron chi connectivity index (χ1n) is 20.6. The van der Waals surface area contributed by atoms with Crippen molar-refractivity contribution in [3.05, 3.63) is 0 Å². The first-order chi connectivity index (χ1) is 23.7. The monoisotopic (exact) mass is 701 g/mol. The van der Waals surface area contributed by atoms with Crippen LogP contribution in [0, 0.1) is 5.92 Å². The Morgan fingerprint density at radius 2 is 0.714 bits per heavy atom. The van der Waals surface area contributed by atoms with Crippen LogP contribution in [-0.4, -0.2) is 57.7 Å². The molecular formula is C41H80O8. The maximum atomic E-state index is 11.4. The van der Waals surface area contributed by atoms with Gasteiger partial charge in [-0.15, -0.1) is 0 Å². The standard InChI is InChI=1S/C23H44O6.C18H36O2/c24-19-21(25)20-29-23(28)18-16-14-12-10-8-6-4-2-1-3-5-7-9-11-13-15-17-22(26)27;1-17(2)15-13-11-9-7-5-3-4-6-8-10-12-14-16-18(19)20/h21,24-25H,1-20H2,(H,26,27);17H,3-16H2,1-2H3,(H,19,20). The Hall–Kier alpha value is -1.67. The Morgan fingerprint density at radius 1 is 0.449 bits per heavy atom. The van der Waals surface area contributed by atoms with E-state index in [1.165, 1.54) is 141 Å².